The number of rotatable bonds is 6. The van der Waals surface area contributed by atoms with Gasteiger partial charge in [0.05, 0.1) is 0 Å². The molecule has 0 spiro atoms. The quantitative estimate of drug-likeness (QED) is 0.773. The average Bonchev–Trinajstić information content (AvgIpc) is 2.29. The maximum absolute atomic E-state index is 13.1. The van der Waals surface area contributed by atoms with Crippen LogP contribution in [0.1, 0.15) is 46.1 Å². The lowest BCUT2D eigenvalue weighted by Gasteiger charge is -2.27. The molecule has 0 bridgehead atoms. The van der Waals surface area contributed by atoms with E-state index < -0.39 is 0 Å². The topological polar surface area (TPSA) is 12.0 Å². The van der Waals surface area contributed by atoms with Crippen molar-refractivity contribution in [2.45, 2.75) is 53.0 Å². The van der Waals surface area contributed by atoms with Gasteiger partial charge in [0.25, 0.3) is 0 Å². The Bertz CT molecular complexity index is 425. The lowest BCUT2D eigenvalue weighted by atomic mass is 9.82. The third-order valence-electron chi connectivity index (χ3n) is 3.54. The molecule has 3 heteroatoms. The Morgan fingerprint density at radius 3 is 2.45 bits per heavy atom. The molecule has 0 radical (unpaired) electrons. The molecule has 1 N–H and O–H groups in total. The summed E-state index contributed by atoms with van der Waals surface area (Å²) in [5, 5.41) is 3.88. The van der Waals surface area contributed by atoms with Crippen molar-refractivity contribution < 1.29 is 4.39 Å². The molecular formula is C17H27ClFN. The first kappa shape index (κ1) is 17.5. The minimum Gasteiger partial charge on any atom is -0.317 e. The molecular weight excluding hydrogens is 273 g/mol. The molecule has 1 rings (SSSR count). The molecule has 20 heavy (non-hydrogen) atoms. The molecule has 0 amide bonds. The van der Waals surface area contributed by atoms with Crippen molar-refractivity contribution in [2.24, 2.45) is 11.3 Å². The molecule has 1 nitrogen and oxygen atoms in total. The molecule has 0 saturated carbocycles. The summed E-state index contributed by atoms with van der Waals surface area (Å²) >= 11 is 6.11. The van der Waals surface area contributed by atoms with E-state index in [0.29, 0.717) is 22.4 Å². The van der Waals surface area contributed by atoms with E-state index in [4.69, 9.17) is 11.6 Å². The number of nitrogens with one attached hydrogen (secondary N) is 1. The molecule has 1 aromatic rings. The normalized spacial score (nSPS) is 15.2. The van der Waals surface area contributed by atoms with E-state index in [1.807, 2.05) is 7.05 Å². The Labute approximate surface area is 127 Å². The molecule has 0 aliphatic heterocycles. The van der Waals surface area contributed by atoms with Crippen LogP contribution >= 0.6 is 11.6 Å². The van der Waals surface area contributed by atoms with Crippen LogP contribution in [0.5, 0.6) is 0 Å². The molecule has 0 saturated heterocycles. The van der Waals surface area contributed by atoms with E-state index in [1.165, 1.54) is 18.6 Å². The van der Waals surface area contributed by atoms with Gasteiger partial charge in [-0.3, -0.25) is 0 Å². The van der Waals surface area contributed by atoms with Gasteiger partial charge in [-0.1, -0.05) is 45.4 Å². The highest BCUT2D eigenvalue weighted by Crippen LogP contribution is 2.28. The monoisotopic (exact) mass is 299 g/mol. The summed E-state index contributed by atoms with van der Waals surface area (Å²) in [5.41, 5.74) is 1.36. The first-order chi connectivity index (χ1) is 9.21. The molecule has 0 aliphatic carbocycles. The van der Waals surface area contributed by atoms with Crippen LogP contribution < -0.4 is 5.32 Å². The summed E-state index contributed by atoms with van der Waals surface area (Å²) in [4.78, 5) is 0. The summed E-state index contributed by atoms with van der Waals surface area (Å²) in [5.74, 6) is 0.368. The van der Waals surface area contributed by atoms with E-state index in [0.717, 1.165) is 18.4 Å². The van der Waals surface area contributed by atoms with Crippen LogP contribution in [-0.2, 0) is 6.42 Å². The van der Waals surface area contributed by atoms with Gasteiger partial charge in [-0.05, 0) is 55.3 Å². The van der Waals surface area contributed by atoms with Crippen LogP contribution in [0.3, 0.4) is 0 Å². The van der Waals surface area contributed by atoms with Crippen LogP contribution in [0.4, 0.5) is 4.39 Å². The molecule has 114 valence electrons. The minimum atomic E-state index is -0.277. The predicted octanol–water partition coefficient (Wildman–Crippen LogP) is 5.07. The van der Waals surface area contributed by atoms with Crippen LogP contribution in [0.2, 0.25) is 5.02 Å². The Morgan fingerprint density at radius 2 is 1.95 bits per heavy atom. The Hall–Kier alpha value is -0.600. The fraction of sp³-hybridized carbons (Fsp3) is 0.647. The van der Waals surface area contributed by atoms with Gasteiger partial charge in [-0.15, -0.1) is 0 Å². The summed E-state index contributed by atoms with van der Waals surface area (Å²) in [6.45, 7) is 9.11. The lowest BCUT2D eigenvalue weighted by Crippen LogP contribution is -2.30. The van der Waals surface area contributed by atoms with Gasteiger partial charge < -0.3 is 5.32 Å². The van der Waals surface area contributed by atoms with E-state index in [-0.39, 0.29) is 5.82 Å². The zero-order chi connectivity index (χ0) is 15.3. The first-order valence-corrected chi connectivity index (χ1v) is 7.70. The molecule has 2 atom stereocenters. The van der Waals surface area contributed by atoms with Crippen molar-refractivity contribution in [3.63, 3.8) is 0 Å². The number of likely N-dealkylation sites (N-methyl/N-ethyl adjacent to an activating group) is 1. The van der Waals surface area contributed by atoms with Gasteiger partial charge >= 0.3 is 0 Å². The molecule has 0 aliphatic rings. The zero-order valence-corrected chi connectivity index (χ0v) is 14.0. The first-order valence-electron chi connectivity index (χ1n) is 7.32. The van der Waals surface area contributed by atoms with E-state index in [1.54, 1.807) is 6.07 Å². The van der Waals surface area contributed by atoms with Crippen molar-refractivity contribution in [2.75, 3.05) is 7.05 Å². The molecule has 0 fully saturated rings. The van der Waals surface area contributed by atoms with Crippen LogP contribution in [0, 0.1) is 17.2 Å². The SMILES string of the molecule is CNC(Cc1ccc(F)cc1Cl)CC(C)CC(C)(C)C. The molecule has 0 aromatic heterocycles. The average molecular weight is 300 g/mol. The molecule has 1 aromatic carbocycles. The van der Waals surface area contributed by atoms with Crippen LogP contribution in [0.15, 0.2) is 18.2 Å². The zero-order valence-electron chi connectivity index (χ0n) is 13.3. The number of benzene rings is 1. The molecule has 0 heterocycles. The molecule has 2 unspecified atom stereocenters. The van der Waals surface area contributed by atoms with Crippen molar-refractivity contribution in [1.82, 2.24) is 5.32 Å². The lowest BCUT2D eigenvalue weighted by molar-refractivity contribution is 0.277. The Kier molecular flexibility index (Phi) is 6.47. The summed E-state index contributed by atoms with van der Waals surface area (Å²) in [6, 6.07) is 5.03. The largest absolute Gasteiger partial charge is 0.317 e. The summed E-state index contributed by atoms with van der Waals surface area (Å²) in [7, 11) is 1.98. The van der Waals surface area contributed by atoms with Gasteiger partial charge in [0.2, 0.25) is 0 Å². The van der Waals surface area contributed by atoms with Crippen molar-refractivity contribution in [1.29, 1.82) is 0 Å². The summed E-state index contributed by atoms with van der Waals surface area (Å²) < 4.78 is 13.1. The maximum atomic E-state index is 13.1. The Balaban J connectivity index is 2.63. The third-order valence-corrected chi connectivity index (χ3v) is 3.89. The van der Waals surface area contributed by atoms with E-state index >= 15 is 0 Å². The number of hydrogen-bond acceptors (Lipinski definition) is 1. The predicted molar refractivity (Wildman–Crippen MR) is 85.8 cm³/mol. The second kappa shape index (κ2) is 7.42. The highest BCUT2D eigenvalue weighted by atomic mass is 35.5. The van der Waals surface area contributed by atoms with E-state index in [2.05, 4.69) is 33.0 Å². The summed E-state index contributed by atoms with van der Waals surface area (Å²) in [6.07, 6.45) is 3.13. The number of hydrogen-bond donors (Lipinski definition) is 1. The highest BCUT2D eigenvalue weighted by Gasteiger charge is 2.19. The minimum absolute atomic E-state index is 0.277. The van der Waals surface area contributed by atoms with Gasteiger partial charge in [-0.25, -0.2) is 4.39 Å². The fourth-order valence-electron chi connectivity index (χ4n) is 2.87. The van der Waals surface area contributed by atoms with Gasteiger partial charge in [0, 0.05) is 11.1 Å². The van der Waals surface area contributed by atoms with Gasteiger partial charge in [-0.2, -0.15) is 0 Å². The third kappa shape index (κ3) is 6.23. The Morgan fingerprint density at radius 1 is 1.30 bits per heavy atom. The van der Waals surface area contributed by atoms with Crippen LogP contribution in [0.25, 0.3) is 0 Å². The number of halogens is 2. The van der Waals surface area contributed by atoms with E-state index in [9.17, 15) is 4.39 Å². The fourth-order valence-corrected chi connectivity index (χ4v) is 3.11. The van der Waals surface area contributed by atoms with Crippen molar-refractivity contribution in [3.8, 4) is 0 Å². The van der Waals surface area contributed by atoms with Gasteiger partial charge in [0.1, 0.15) is 5.82 Å². The van der Waals surface area contributed by atoms with Crippen LogP contribution in [-0.4, -0.2) is 13.1 Å². The maximum Gasteiger partial charge on any atom is 0.124 e. The van der Waals surface area contributed by atoms with Gasteiger partial charge in [0.15, 0.2) is 0 Å². The standard InChI is InChI=1S/C17H27ClFN/c1-12(11-17(2,3)4)8-15(20-5)9-13-6-7-14(19)10-16(13)18/h6-7,10,12,15,20H,8-9,11H2,1-5H3. The second-order valence-electron chi connectivity index (χ2n) is 7.03. The van der Waals surface area contributed by atoms with Crippen molar-refractivity contribution in [3.05, 3.63) is 34.6 Å². The highest BCUT2D eigenvalue weighted by molar-refractivity contribution is 6.31. The smallest absolute Gasteiger partial charge is 0.124 e. The second-order valence-corrected chi connectivity index (χ2v) is 7.44. The van der Waals surface area contributed by atoms with Crippen molar-refractivity contribution >= 4 is 11.6 Å².